The highest BCUT2D eigenvalue weighted by molar-refractivity contribution is 6.04. The molecule has 2 aromatic heterocycles. The van der Waals surface area contributed by atoms with Gasteiger partial charge in [-0.1, -0.05) is 12.1 Å². The first kappa shape index (κ1) is 29.6. The van der Waals surface area contributed by atoms with Crippen LogP contribution in [0.1, 0.15) is 19.0 Å². The Balaban J connectivity index is 0.00000134. The Morgan fingerprint density at radius 1 is 1.10 bits per heavy atom. The number of carbonyl (C=O) groups is 1. The molecule has 0 aliphatic carbocycles. The van der Waals surface area contributed by atoms with E-state index >= 15 is 0 Å². The number of guanidine groups is 1. The average Bonchev–Trinajstić information content (AvgIpc) is 3.42. The zero-order chi connectivity index (χ0) is 28.0. The van der Waals surface area contributed by atoms with Crippen molar-refractivity contribution in [2.24, 2.45) is 4.99 Å². The van der Waals surface area contributed by atoms with Gasteiger partial charge in [-0.2, -0.15) is 0 Å². The summed E-state index contributed by atoms with van der Waals surface area (Å²) in [7, 11) is 6.59. The van der Waals surface area contributed by atoms with Gasteiger partial charge in [0.25, 0.3) is 0 Å². The van der Waals surface area contributed by atoms with E-state index in [1.165, 1.54) is 0 Å². The highest BCUT2D eigenvalue weighted by atomic mass is 16.5. The Hall–Kier alpha value is -3.93. The first-order valence-electron chi connectivity index (χ1n) is 12.7. The molecule has 1 aliphatic rings. The molecule has 2 N–H and O–H groups in total. The van der Waals surface area contributed by atoms with Crippen molar-refractivity contribution in [1.29, 1.82) is 0 Å². The number of hydrogen-bond acceptors (Lipinski definition) is 9. The molecular formula is C28H37N7O4. The van der Waals surface area contributed by atoms with Crippen molar-refractivity contribution in [1.82, 2.24) is 25.2 Å². The van der Waals surface area contributed by atoms with E-state index in [1.807, 2.05) is 24.4 Å². The zero-order valence-corrected chi connectivity index (χ0v) is 23.2. The molecular weight excluding hydrogens is 498 g/mol. The highest BCUT2D eigenvalue weighted by Gasteiger charge is 2.22. The number of alkyl carbamates (subject to hydrolysis) is 1. The van der Waals surface area contributed by atoms with Gasteiger partial charge in [-0.25, -0.2) is 14.8 Å². The van der Waals surface area contributed by atoms with Gasteiger partial charge < -0.3 is 19.5 Å². The number of rotatable bonds is 7. The van der Waals surface area contributed by atoms with Crippen LogP contribution >= 0.6 is 0 Å². The predicted molar refractivity (Wildman–Crippen MR) is 151 cm³/mol. The molecule has 0 radical (unpaired) electrons. The van der Waals surface area contributed by atoms with Crippen LogP contribution in [0.15, 0.2) is 60.0 Å². The molecule has 1 aliphatic heterocycles. The van der Waals surface area contributed by atoms with Crippen LogP contribution < -0.4 is 10.6 Å². The topological polar surface area (TPSA) is 123 Å². The van der Waals surface area contributed by atoms with Crippen LogP contribution in [0.5, 0.6) is 0 Å². The van der Waals surface area contributed by atoms with Gasteiger partial charge in [-0.15, -0.1) is 0 Å². The van der Waals surface area contributed by atoms with Crippen LogP contribution in [0.3, 0.4) is 0 Å². The second kappa shape index (κ2) is 15.5. The number of pyridine rings is 1. The summed E-state index contributed by atoms with van der Waals surface area (Å²) in [5.41, 5.74) is 4.42. The van der Waals surface area contributed by atoms with Crippen molar-refractivity contribution in [3.63, 3.8) is 0 Å². The summed E-state index contributed by atoms with van der Waals surface area (Å²) in [5, 5.41) is 5.75. The molecule has 0 saturated carbocycles. The van der Waals surface area contributed by atoms with Crippen LogP contribution in [-0.2, 0) is 20.8 Å². The summed E-state index contributed by atoms with van der Waals surface area (Å²) in [4.78, 5) is 31.9. The lowest BCUT2D eigenvalue weighted by molar-refractivity contribution is 0.107. The van der Waals surface area contributed by atoms with Gasteiger partial charge in [0.05, 0.1) is 24.1 Å². The second-order valence-electron chi connectivity index (χ2n) is 8.70. The van der Waals surface area contributed by atoms with Crippen LogP contribution in [0, 0.1) is 0 Å². The van der Waals surface area contributed by atoms with Gasteiger partial charge in [0.1, 0.15) is 0 Å². The Kier molecular flexibility index (Phi) is 11.8. The van der Waals surface area contributed by atoms with Crippen LogP contribution in [0.25, 0.3) is 22.5 Å². The number of benzene rings is 1. The van der Waals surface area contributed by atoms with E-state index in [0.29, 0.717) is 17.6 Å². The standard InChI is InChI=1S/C26H31N7O3.C2H6O/c1-4-36-26(34)32-25(27-2)31-23-9-7-18(14-22(23)24-28-11-5-12-29-24)19-6-8-20(30-15-19)16-33-13-10-21(17-33)35-3;1-3-2/h5-9,11-12,14-15,21H,4,10,13,16-17H2,1-3H3,(H2,27,31,32,34);1-2H3/t21-;/m0./s1. The maximum atomic E-state index is 11.9. The third-order valence-electron chi connectivity index (χ3n) is 5.90. The van der Waals surface area contributed by atoms with Crippen molar-refractivity contribution in [3.05, 3.63) is 60.7 Å². The number of nitrogens with one attached hydrogen (secondary N) is 2. The van der Waals surface area contributed by atoms with Crippen molar-refractivity contribution < 1.29 is 19.0 Å². The minimum absolute atomic E-state index is 0.252. The minimum Gasteiger partial charge on any atom is -0.450 e. The number of hydrogen-bond donors (Lipinski definition) is 2. The summed E-state index contributed by atoms with van der Waals surface area (Å²) in [6, 6.07) is 11.8. The summed E-state index contributed by atoms with van der Waals surface area (Å²) in [6.45, 7) is 4.76. The number of amides is 1. The summed E-state index contributed by atoms with van der Waals surface area (Å²) >= 11 is 0. The lowest BCUT2D eigenvalue weighted by atomic mass is 10.0. The van der Waals surface area contributed by atoms with E-state index in [2.05, 4.69) is 47.4 Å². The smallest absolute Gasteiger partial charge is 0.413 e. The molecule has 1 saturated heterocycles. The second-order valence-corrected chi connectivity index (χ2v) is 8.70. The summed E-state index contributed by atoms with van der Waals surface area (Å²) in [6.07, 6.45) is 6.04. The van der Waals surface area contributed by atoms with Gasteiger partial charge in [-0.3, -0.25) is 20.2 Å². The molecule has 1 aromatic carbocycles. The number of aromatic nitrogens is 3. The van der Waals surface area contributed by atoms with E-state index < -0.39 is 6.09 Å². The number of carbonyl (C=O) groups excluding carboxylic acids is 1. The summed E-state index contributed by atoms with van der Waals surface area (Å²) in [5.74, 6) is 0.793. The minimum atomic E-state index is -0.586. The fourth-order valence-corrected chi connectivity index (χ4v) is 4.04. The van der Waals surface area contributed by atoms with E-state index in [1.54, 1.807) is 53.8 Å². The van der Waals surface area contributed by atoms with Crippen LogP contribution in [-0.4, -0.2) is 86.1 Å². The molecule has 4 rings (SSSR count). The molecule has 208 valence electrons. The lowest BCUT2D eigenvalue weighted by Crippen LogP contribution is -2.36. The maximum absolute atomic E-state index is 11.9. The predicted octanol–water partition coefficient (Wildman–Crippen LogP) is 3.83. The van der Waals surface area contributed by atoms with Crippen LogP contribution in [0.2, 0.25) is 0 Å². The van der Waals surface area contributed by atoms with Crippen molar-refractivity contribution >= 4 is 17.7 Å². The molecule has 0 bridgehead atoms. The molecule has 0 spiro atoms. The van der Waals surface area contributed by atoms with E-state index in [-0.39, 0.29) is 12.6 Å². The fraction of sp³-hybridized carbons (Fsp3) is 0.393. The van der Waals surface area contributed by atoms with Gasteiger partial charge in [-0.05, 0) is 43.2 Å². The third kappa shape index (κ3) is 8.81. The van der Waals surface area contributed by atoms with Gasteiger partial charge in [0.15, 0.2) is 5.82 Å². The monoisotopic (exact) mass is 535 g/mol. The normalized spacial score (nSPS) is 15.3. The van der Waals surface area contributed by atoms with Gasteiger partial charge in [0.2, 0.25) is 5.96 Å². The Bertz CT molecular complexity index is 1210. The zero-order valence-electron chi connectivity index (χ0n) is 23.2. The number of aliphatic imine (C=N–C) groups is 1. The van der Waals surface area contributed by atoms with Crippen LogP contribution in [0.4, 0.5) is 10.5 Å². The Labute approximate surface area is 229 Å². The first-order chi connectivity index (χ1) is 19.0. The molecule has 1 amide bonds. The van der Waals surface area contributed by atoms with Gasteiger partial charge >= 0.3 is 6.09 Å². The Morgan fingerprint density at radius 3 is 2.46 bits per heavy atom. The Morgan fingerprint density at radius 2 is 1.85 bits per heavy atom. The number of likely N-dealkylation sites (tertiary alicyclic amines) is 1. The maximum Gasteiger partial charge on any atom is 0.413 e. The molecule has 1 fully saturated rings. The largest absolute Gasteiger partial charge is 0.450 e. The molecule has 39 heavy (non-hydrogen) atoms. The van der Waals surface area contributed by atoms with E-state index in [4.69, 9.17) is 14.5 Å². The highest BCUT2D eigenvalue weighted by Crippen LogP contribution is 2.31. The lowest BCUT2D eigenvalue weighted by Gasteiger charge is -2.16. The van der Waals surface area contributed by atoms with E-state index in [9.17, 15) is 4.79 Å². The van der Waals surface area contributed by atoms with Crippen molar-refractivity contribution in [2.45, 2.75) is 26.0 Å². The average molecular weight is 536 g/mol. The molecule has 1 atom stereocenters. The van der Waals surface area contributed by atoms with E-state index in [0.717, 1.165) is 48.4 Å². The summed E-state index contributed by atoms with van der Waals surface area (Å²) < 4.78 is 14.7. The van der Waals surface area contributed by atoms with Crippen molar-refractivity contribution in [2.75, 3.05) is 53.4 Å². The number of methoxy groups -OCH3 is 2. The number of ether oxygens (including phenoxy) is 3. The first-order valence-corrected chi connectivity index (χ1v) is 12.7. The number of anilines is 1. The fourth-order valence-electron chi connectivity index (χ4n) is 4.04. The van der Waals surface area contributed by atoms with Gasteiger partial charge in [0, 0.05) is 77.7 Å². The number of nitrogens with zero attached hydrogens (tertiary/aromatic N) is 5. The SMILES string of the molecule is CCOC(=O)NC(=NC)Nc1ccc(-c2ccc(CN3CC[C@H](OC)C3)nc2)cc1-c1ncccn1.COC. The van der Waals surface area contributed by atoms with Crippen molar-refractivity contribution in [3.8, 4) is 22.5 Å². The quantitative estimate of drug-likeness (QED) is 0.343. The third-order valence-corrected chi connectivity index (χ3v) is 5.90. The molecule has 11 nitrogen and oxygen atoms in total. The molecule has 0 unspecified atom stereocenters. The molecule has 3 heterocycles. The molecule has 11 heteroatoms. The molecule has 3 aromatic rings.